The van der Waals surface area contributed by atoms with E-state index in [0.717, 1.165) is 0 Å². The normalized spacial score (nSPS) is 12.4. The Morgan fingerprint density at radius 1 is 1.14 bits per heavy atom. The van der Waals surface area contributed by atoms with Crippen molar-refractivity contribution in [3.8, 4) is 0 Å². The lowest BCUT2D eigenvalue weighted by Crippen LogP contribution is -2.09. The molecule has 0 saturated carbocycles. The molecule has 1 N–H and O–H groups in total. The molecule has 5 heteroatoms. The van der Waals surface area contributed by atoms with Crippen LogP contribution >= 0.6 is 11.6 Å². The fourth-order valence-corrected chi connectivity index (χ4v) is 2.61. The third kappa shape index (κ3) is 2.74. The monoisotopic (exact) mass is 318 g/mol. The van der Waals surface area contributed by atoms with Crippen LogP contribution in [0, 0.1) is 11.6 Å². The number of anilines is 1. The van der Waals surface area contributed by atoms with Crippen molar-refractivity contribution in [1.82, 2.24) is 4.98 Å². The van der Waals surface area contributed by atoms with E-state index in [1.165, 1.54) is 24.4 Å². The second-order valence-corrected chi connectivity index (χ2v) is 5.44. The standard InChI is InChI=1S/C17H13ClF2N2/c1-10(12-4-2-3-5-15(12)20)22-17-13-7-6-11(19)8-16(13)21-9-14(17)18/h2-10H,1H3,(H,21,22). The largest absolute Gasteiger partial charge is 0.377 e. The Morgan fingerprint density at radius 3 is 2.68 bits per heavy atom. The van der Waals surface area contributed by atoms with Gasteiger partial charge in [-0.3, -0.25) is 4.98 Å². The summed E-state index contributed by atoms with van der Waals surface area (Å²) < 4.78 is 27.2. The van der Waals surface area contributed by atoms with Crippen molar-refractivity contribution in [3.63, 3.8) is 0 Å². The molecule has 112 valence electrons. The van der Waals surface area contributed by atoms with E-state index in [0.29, 0.717) is 27.2 Å². The maximum Gasteiger partial charge on any atom is 0.128 e. The predicted molar refractivity (Wildman–Crippen MR) is 85.1 cm³/mol. The van der Waals surface area contributed by atoms with Crippen LogP contribution in [-0.4, -0.2) is 4.98 Å². The van der Waals surface area contributed by atoms with E-state index >= 15 is 0 Å². The van der Waals surface area contributed by atoms with Crippen molar-refractivity contribution in [1.29, 1.82) is 0 Å². The molecule has 0 fully saturated rings. The lowest BCUT2D eigenvalue weighted by atomic mass is 10.1. The first kappa shape index (κ1) is 14.7. The highest BCUT2D eigenvalue weighted by molar-refractivity contribution is 6.34. The molecule has 22 heavy (non-hydrogen) atoms. The number of rotatable bonds is 3. The fraction of sp³-hybridized carbons (Fsp3) is 0.118. The minimum atomic E-state index is -0.365. The summed E-state index contributed by atoms with van der Waals surface area (Å²) >= 11 is 6.20. The zero-order chi connectivity index (χ0) is 15.7. The number of pyridine rings is 1. The number of nitrogens with one attached hydrogen (secondary N) is 1. The summed E-state index contributed by atoms with van der Waals surface area (Å²) in [4.78, 5) is 4.11. The molecule has 0 aliphatic rings. The molecule has 1 unspecified atom stereocenters. The van der Waals surface area contributed by atoms with Gasteiger partial charge < -0.3 is 5.32 Å². The summed E-state index contributed by atoms with van der Waals surface area (Å²) in [5.41, 5.74) is 1.64. The number of aromatic nitrogens is 1. The Hall–Kier alpha value is -2.20. The third-order valence-electron chi connectivity index (χ3n) is 3.52. The molecular weight excluding hydrogens is 306 g/mol. The van der Waals surface area contributed by atoms with Crippen LogP contribution in [0.4, 0.5) is 14.5 Å². The van der Waals surface area contributed by atoms with Gasteiger partial charge in [-0.15, -0.1) is 0 Å². The molecule has 1 heterocycles. The van der Waals surface area contributed by atoms with E-state index < -0.39 is 0 Å². The molecule has 0 spiro atoms. The Balaban J connectivity index is 2.03. The number of fused-ring (bicyclic) bond motifs is 1. The number of benzene rings is 2. The van der Waals surface area contributed by atoms with Gasteiger partial charge in [-0.05, 0) is 25.1 Å². The van der Waals surface area contributed by atoms with Gasteiger partial charge in [0.25, 0.3) is 0 Å². The molecule has 0 bridgehead atoms. The van der Waals surface area contributed by atoms with E-state index in [-0.39, 0.29) is 17.7 Å². The fourth-order valence-electron chi connectivity index (χ4n) is 2.41. The van der Waals surface area contributed by atoms with Crippen molar-refractivity contribution >= 4 is 28.2 Å². The SMILES string of the molecule is CC(Nc1c(Cl)cnc2cc(F)ccc12)c1ccccc1F. The summed E-state index contributed by atoms with van der Waals surface area (Å²) in [6, 6.07) is 10.5. The molecular formula is C17H13ClF2N2. The van der Waals surface area contributed by atoms with Crippen molar-refractivity contribution in [2.45, 2.75) is 13.0 Å². The Bertz CT molecular complexity index is 836. The van der Waals surface area contributed by atoms with Gasteiger partial charge in [-0.25, -0.2) is 8.78 Å². The number of hydrogen-bond donors (Lipinski definition) is 1. The van der Waals surface area contributed by atoms with Crippen LogP contribution in [0.25, 0.3) is 10.9 Å². The van der Waals surface area contributed by atoms with Gasteiger partial charge in [-0.2, -0.15) is 0 Å². The second kappa shape index (κ2) is 5.89. The van der Waals surface area contributed by atoms with Gasteiger partial charge in [0, 0.05) is 23.2 Å². The summed E-state index contributed by atoms with van der Waals surface area (Å²) in [5, 5.41) is 4.29. The molecule has 1 atom stereocenters. The van der Waals surface area contributed by atoms with Crippen LogP contribution < -0.4 is 5.32 Å². The van der Waals surface area contributed by atoms with Gasteiger partial charge in [0.2, 0.25) is 0 Å². The van der Waals surface area contributed by atoms with Crippen LogP contribution in [0.3, 0.4) is 0 Å². The van der Waals surface area contributed by atoms with Crippen molar-refractivity contribution < 1.29 is 8.78 Å². The average molecular weight is 319 g/mol. The molecule has 0 saturated heterocycles. The first-order chi connectivity index (χ1) is 10.6. The molecule has 1 aromatic heterocycles. The minimum absolute atomic E-state index is 0.289. The summed E-state index contributed by atoms with van der Waals surface area (Å²) in [6.45, 7) is 1.84. The number of halogens is 3. The molecule has 0 radical (unpaired) electrons. The highest BCUT2D eigenvalue weighted by atomic mass is 35.5. The second-order valence-electron chi connectivity index (χ2n) is 5.03. The first-order valence-electron chi connectivity index (χ1n) is 6.81. The zero-order valence-electron chi connectivity index (χ0n) is 11.8. The van der Waals surface area contributed by atoms with E-state index in [9.17, 15) is 8.78 Å². The van der Waals surface area contributed by atoms with Crippen LogP contribution in [0.2, 0.25) is 5.02 Å². The van der Waals surface area contributed by atoms with Crippen LogP contribution in [0.1, 0.15) is 18.5 Å². The minimum Gasteiger partial charge on any atom is -0.377 e. The van der Waals surface area contributed by atoms with Crippen LogP contribution in [0.5, 0.6) is 0 Å². The van der Waals surface area contributed by atoms with Gasteiger partial charge in [0.1, 0.15) is 11.6 Å². The quantitative estimate of drug-likeness (QED) is 0.705. The van der Waals surface area contributed by atoms with Gasteiger partial charge in [0.05, 0.1) is 22.3 Å². The van der Waals surface area contributed by atoms with Gasteiger partial charge in [-0.1, -0.05) is 29.8 Å². The van der Waals surface area contributed by atoms with E-state index in [1.807, 2.05) is 6.92 Å². The lowest BCUT2D eigenvalue weighted by molar-refractivity contribution is 0.600. The zero-order valence-corrected chi connectivity index (χ0v) is 12.5. The Morgan fingerprint density at radius 2 is 1.91 bits per heavy atom. The van der Waals surface area contributed by atoms with Crippen molar-refractivity contribution in [3.05, 3.63) is 70.9 Å². The average Bonchev–Trinajstić information content (AvgIpc) is 2.50. The highest BCUT2D eigenvalue weighted by Gasteiger charge is 2.14. The van der Waals surface area contributed by atoms with Gasteiger partial charge >= 0.3 is 0 Å². The Labute approximate surface area is 131 Å². The maximum absolute atomic E-state index is 13.9. The van der Waals surface area contributed by atoms with Crippen molar-refractivity contribution in [2.24, 2.45) is 0 Å². The van der Waals surface area contributed by atoms with E-state index in [2.05, 4.69) is 10.3 Å². The number of nitrogens with zero attached hydrogens (tertiary/aromatic N) is 1. The third-order valence-corrected chi connectivity index (χ3v) is 3.80. The van der Waals surface area contributed by atoms with Crippen LogP contribution in [0.15, 0.2) is 48.7 Å². The molecule has 3 aromatic rings. The smallest absolute Gasteiger partial charge is 0.128 e. The van der Waals surface area contributed by atoms with Crippen molar-refractivity contribution in [2.75, 3.05) is 5.32 Å². The van der Waals surface area contributed by atoms with E-state index in [1.54, 1.807) is 24.3 Å². The topological polar surface area (TPSA) is 24.9 Å². The van der Waals surface area contributed by atoms with Gasteiger partial charge in [0.15, 0.2) is 0 Å². The summed E-state index contributed by atoms with van der Waals surface area (Å²) in [6.07, 6.45) is 1.46. The van der Waals surface area contributed by atoms with E-state index in [4.69, 9.17) is 11.6 Å². The molecule has 2 aromatic carbocycles. The lowest BCUT2D eigenvalue weighted by Gasteiger charge is -2.18. The molecule has 2 nitrogen and oxygen atoms in total. The highest BCUT2D eigenvalue weighted by Crippen LogP contribution is 2.33. The summed E-state index contributed by atoms with van der Waals surface area (Å²) in [5.74, 6) is -0.654. The molecule has 0 aliphatic carbocycles. The molecule has 0 amide bonds. The predicted octanol–water partition coefficient (Wildman–Crippen LogP) is 5.34. The maximum atomic E-state index is 13.9. The summed E-state index contributed by atoms with van der Waals surface area (Å²) in [7, 11) is 0. The van der Waals surface area contributed by atoms with Crippen LogP contribution in [-0.2, 0) is 0 Å². The molecule has 0 aliphatic heterocycles. The first-order valence-corrected chi connectivity index (χ1v) is 7.19. The number of hydrogen-bond acceptors (Lipinski definition) is 2. The Kier molecular flexibility index (Phi) is 3.94. The molecule has 3 rings (SSSR count).